The second-order valence-electron chi connectivity index (χ2n) is 4.60. The van der Waals surface area contributed by atoms with Gasteiger partial charge in [-0.1, -0.05) is 12.8 Å². The summed E-state index contributed by atoms with van der Waals surface area (Å²) in [5.41, 5.74) is 0. The molecule has 1 saturated carbocycles. The van der Waals surface area contributed by atoms with Crippen LogP contribution >= 0.6 is 11.8 Å². The maximum atomic E-state index is 11.7. The molecule has 1 aliphatic carbocycles. The minimum Gasteiger partial charge on any atom is -0.391 e. The van der Waals surface area contributed by atoms with Crippen LogP contribution in [0.25, 0.3) is 0 Å². The van der Waals surface area contributed by atoms with Crippen molar-refractivity contribution in [2.24, 2.45) is 0 Å². The van der Waals surface area contributed by atoms with Crippen LogP contribution in [0.2, 0.25) is 0 Å². The van der Waals surface area contributed by atoms with Crippen molar-refractivity contribution in [1.82, 2.24) is 10.2 Å². The molecule has 0 bridgehead atoms. The molecule has 0 spiro atoms. The van der Waals surface area contributed by atoms with Crippen molar-refractivity contribution in [3.05, 3.63) is 0 Å². The first-order valence-corrected chi connectivity index (χ1v) is 7.15. The second kappa shape index (κ2) is 5.73. The molecule has 5 nitrogen and oxygen atoms in total. The molecule has 17 heavy (non-hydrogen) atoms. The van der Waals surface area contributed by atoms with Gasteiger partial charge in [0.25, 0.3) is 0 Å². The molecular weight excluding hydrogens is 240 g/mol. The van der Waals surface area contributed by atoms with E-state index in [4.69, 9.17) is 0 Å². The number of nitrogens with one attached hydrogen (secondary N) is 1. The molecule has 2 fully saturated rings. The van der Waals surface area contributed by atoms with Crippen molar-refractivity contribution in [3.63, 3.8) is 0 Å². The largest absolute Gasteiger partial charge is 0.391 e. The fourth-order valence-electron chi connectivity index (χ4n) is 2.25. The van der Waals surface area contributed by atoms with Crippen LogP contribution < -0.4 is 5.32 Å². The number of carbonyl (C=O) groups excluding carboxylic acids is 2. The maximum absolute atomic E-state index is 11.7. The van der Waals surface area contributed by atoms with E-state index in [0.29, 0.717) is 11.6 Å². The van der Waals surface area contributed by atoms with Crippen molar-refractivity contribution in [2.75, 3.05) is 18.2 Å². The van der Waals surface area contributed by atoms with E-state index in [9.17, 15) is 14.7 Å². The van der Waals surface area contributed by atoms with Gasteiger partial charge in [-0.3, -0.25) is 9.59 Å². The van der Waals surface area contributed by atoms with E-state index >= 15 is 0 Å². The highest BCUT2D eigenvalue weighted by molar-refractivity contribution is 8.00. The van der Waals surface area contributed by atoms with Gasteiger partial charge in [0.15, 0.2) is 0 Å². The lowest BCUT2D eigenvalue weighted by Crippen LogP contribution is -2.48. The van der Waals surface area contributed by atoms with Gasteiger partial charge < -0.3 is 15.3 Å². The van der Waals surface area contributed by atoms with E-state index in [1.54, 1.807) is 4.90 Å². The quantitative estimate of drug-likeness (QED) is 0.744. The average molecular weight is 258 g/mol. The van der Waals surface area contributed by atoms with Gasteiger partial charge in [0, 0.05) is 0 Å². The zero-order valence-electron chi connectivity index (χ0n) is 9.72. The van der Waals surface area contributed by atoms with Crippen LogP contribution in [0.15, 0.2) is 0 Å². The van der Waals surface area contributed by atoms with Crippen LogP contribution in [0.3, 0.4) is 0 Å². The Bertz CT molecular complexity index is 311. The SMILES string of the molecule is O=C(CN1CSCC1=O)N[C@H]1CCCC[C@@H]1O. The summed E-state index contributed by atoms with van der Waals surface area (Å²) in [4.78, 5) is 24.6. The van der Waals surface area contributed by atoms with E-state index in [-0.39, 0.29) is 24.4 Å². The summed E-state index contributed by atoms with van der Waals surface area (Å²) >= 11 is 1.53. The van der Waals surface area contributed by atoms with Crippen LogP contribution in [0.5, 0.6) is 0 Å². The predicted octanol–water partition coefficient (Wildman–Crippen LogP) is -0.0610. The summed E-state index contributed by atoms with van der Waals surface area (Å²) in [6, 6.07) is -0.137. The van der Waals surface area contributed by atoms with Gasteiger partial charge in [0.1, 0.15) is 6.54 Å². The Kier molecular flexibility index (Phi) is 4.28. The zero-order valence-corrected chi connectivity index (χ0v) is 10.5. The standard InChI is InChI=1S/C11H18N2O3S/c14-9-4-2-1-3-8(9)12-10(15)5-13-7-17-6-11(13)16/h8-9,14H,1-7H2,(H,12,15)/t8-,9-/m0/s1. The Balaban J connectivity index is 1.78. The second-order valence-corrected chi connectivity index (χ2v) is 5.55. The molecule has 6 heteroatoms. The highest BCUT2D eigenvalue weighted by Gasteiger charge is 2.27. The Labute approximate surface area is 105 Å². The summed E-state index contributed by atoms with van der Waals surface area (Å²) in [6.45, 7) is 0.120. The van der Waals surface area contributed by atoms with Crippen LogP contribution in [0.4, 0.5) is 0 Å². The molecule has 0 aromatic carbocycles. The number of aliphatic hydroxyl groups is 1. The Hall–Kier alpha value is -0.750. The van der Waals surface area contributed by atoms with E-state index < -0.39 is 6.10 Å². The van der Waals surface area contributed by atoms with Gasteiger partial charge in [0.05, 0.1) is 23.8 Å². The third-order valence-electron chi connectivity index (χ3n) is 3.24. The minimum absolute atomic E-state index is 0.0225. The molecule has 0 aromatic rings. The smallest absolute Gasteiger partial charge is 0.239 e. The molecule has 96 valence electrons. The molecule has 1 heterocycles. The lowest BCUT2D eigenvalue weighted by Gasteiger charge is -2.29. The lowest BCUT2D eigenvalue weighted by atomic mass is 9.92. The van der Waals surface area contributed by atoms with E-state index in [1.807, 2.05) is 0 Å². The van der Waals surface area contributed by atoms with Crippen LogP contribution in [0.1, 0.15) is 25.7 Å². The molecule has 2 N–H and O–H groups in total. The van der Waals surface area contributed by atoms with E-state index in [1.165, 1.54) is 11.8 Å². The molecular formula is C11H18N2O3S. The monoisotopic (exact) mass is 258 g/mol. The number of rotatable bonds is 3. The number of carbonyl (C=O) groups is 2. The van der Waals surface area contributed by atoms with E-state index in [0.717, 1.165) is 25.7 Å². The predicted molar refractivity (Wildman–Crippen MR) is 65.4 cm³/mol. The van der Waals surface area contributed by atoms with Crippen LogP contribution in [-0.4, -0.2) is 52.1 Å². The Morgan fingerprint density at radius 2 is 2.24 bits per heavy atom. The van der Waals surface area contributed by atoms with Crippen LogP contribution in [-0.2, 0) is 9.59 Å². The summed E-state index contributed by atoms with van der Waals surface area (Å²) in [5, 5.41) is 12.6. The summed E-state index contributed by atoms with van der Waals surface area (Å²) in [7, 11) is 0. The molecule has 2 aliphatic rings. The number of aliphatic hydroxyl groups excluding tert-OH is 1. The number of hydrogen-bond acceptors (Lipinski definition) is 4. The zero-order chi connectivity index (χ0) is 12.3. The first-order valence-electron chi connectivity index (χ1n) is 6.00. The van der Waals surface area contributed by atoms with Gasteiger partial charge in [-0.15, -0.1) is 11.8 Å². The third kappa shape index (κ3) is 3.35. The third-order valence-corrected chi connectivity index (χ3v) is 4.18. The first kappa shape index (κ1) is 12.7. The lowest BCUT2D eigenvalue weighted by molar-refractivity contribution is -0.133. The topological polar surface area (TPSA) is 69.6 Å². The molecule has 2 amide bonds. The molecule has 2 atom stereocenters. The molecule has 1 aliphatic heterocycles. The normalized spacial score (nSPS) is 29.5. The van der Waals surface area contributed by atoms with Gasteiger partial charge in [0.2, 0.25) is 11.8 Å². The Morgan fingerprint density at radius 3 is 2.88 bits per heavy atom. The maximum Gasteiger partial charge on any atom is 0.239 e. The summed E-state index contributed by atoms with van der Waals surface area (Å²) in [5.74, 6) is 0.930. The van der Waals surface area contributed by atoms with Gasteiger partial charge in [-0.2, -0.15) is 0 Å². The molecule has 0 radical (unpaired) electrons. The van der Waals surface area contributed by atoms with Crippen molar-refractivity contribution >= 4 is 23.6 Å². The Morgan fingerprint density at radius 1 is 1.47 bits per heavy atom. The minimum atomic E-state index is -0.434. The fourth-order valence-corrected chi connectivity index (χ4v) is 3.15. The summed E-state index contributed by atoms with van der Waals surface area (Å²) in [6.07, 6.45) is 3.21. The highest BCUT2D eigenvalue weighted by atomic mass is 32.2. The average Bonchev–Trinajstić information content (AvgIpc) is 2.68. The summed E-state index contributed by atoms with van der Waals surface area (Å²) < 4.78 is 0. The van der Waals surface area contributed by atoms with E-state index in [2.05, 4.69) is 5.32 Å². The van der Waals surface area contributed by atoms with Crippen LogP contribution in [0, 0.1) is 0 Å². The number of nitrogens with zero attached hydrogens (tertiary/aromatic N) is 1. The fraction of sp³-hybridized carbons (Fsp3) is 0.818. The first-order chi connectivity index (χ1) is 8.16. The molecule has 0 aromatic heterocycles. The van der Waals surface area contributed by atoms with Gasteiger partial charge in [-0.05, 0) is 12.8 Å². The van der Waals surface area contributed by atoms with Crippen molar-refractivity contribution in [1.29, 1.82) is 0 Å². The van der Waals surface area contributed by atoms with Gasteiger partial charge >= 0.3 is 0 Å². The van der Waals surface area contributed by atoms with Crippen molar-refractivity contribution in [2.45, 2.75) is 37.8 Å². The van der Waals surface area contributed by atoms with Crippen molar-refractivity contribution < 1.29 is 14.7 Å². The number of thioether (sulfide) groups is 1. The number of amides is 2. The molecule has 2 rings (SSSR count). The van der Waals surface area contributed by atoms with Gasteiger partial charge in [-0.25, -0.2) is 0 Å². The van der Waals surface area contributed by atoms with Crippen molar-refractivity contribution in [3.8, 4) is 0 Å². The number of hydrogen-bond donors (Lipinski definition) is 2. The highest BCUT2D eigenvalue weighted by Crippen LogP contribution is 2.18. The molecule has 1 saturated heterocycles. The molecule has 0 unspecified atom stereocenters.